The number of benzene rings is 2. The van der Waals surface area contributed by atoms with Gasteiger partial charge in [0.05, 0.1) is 0 Å². The third-order valence-electron chi connectivity index (χ3n) is 4.04. The first-order valence-electron chi connectivity index (χ1n) is 7.27. The fourth-order valence-electron chi connectivity index (χ4n) is 3.04. The number of halogens is 3. The standard InChI is InChI=1S/C17H14ClF2NO2S/c18-12-6-4-10(5-7-12)13-2-1-3-14(13)11-8-15(19)17(16(20)9-11)24(21,22)23/h4-9H,1-3H2,(H2,21,22,23). The molecule has 0 heterocycles. The molecule has 0 spiro atoms. The van der Waals surface area contributed by atoms with Crippen LogP contribution < -0.4 is 5.14 Å². The molecule has 0 bridgehead atoms. The van der Waals surface area contributed by atoms with Crippen LogP contribution >= 0.6 is 11.6 Å². The van der Waals surface area contributed by atoms with Gasteiger partial charge in [0.25, 0.3) is 0 Å². The maximum absolute atomic E-state index is 14.1. The molecule has 0 atom stereocenters. The van der Waals surface area contributed by atoms with Crippen LogP contribution in [0.1, 0.15) is 30.4 Å². The molecular formula is C17H14ClF2NO2S. The number of allylic oxidation sites excluding steroid dienone is 2. The van der Waals surface area contributed by atoms with Gasteiger partial charge in [-0.25, -0.2) is 22.3 Å². The molecular weight excluding hydrogens is 356 g/mol. The molecule has 0 fully saturated rings. The van der Waals surface area contributed by atoms with Crippen LogP contribution in [0.4, 0.5) is 8.78 Å². The van der Waals surface area contributed by atoms with Crippen molar-refractivity contribution in [3.05, 3.63) is 64.2 Å². The Bertz CT molecular complexity index is 915. The SMILES string of the molecule is NS(=O)(=O)c1c(F)cc(C2=C(c3ccc(Cl)cc3)CCC2)cc1F. The van der Waals surface area contributed by atoms with Crippen molar-refractivity contribution >= 4 is 32.8 Å². The summed E-state index contributed by atoms with van der Waals surface area (Å²) < 4.78 is 50.8. The fraction of sp³-hybridized carbons (Fsp3) is 0.176. The number of hydrogen-bond acceptors (Lipinski definition) is 2. The molecule has 2 N–H and O–H groups in total. The first-order chi connectivity index (χ1) is 11.3. The van der Waals surface area contributed by atoms with Gasteiger partial charge in [0.15, 0.2) is 4.90 Å². The molecule has 126 valence electrons. The lowest BCUT2D eigenvalue weighted by atomic mass is 9.97. The zero-order chi connectivity index (χ0) is 17.5. The van der Waals surface area contributed by atoms with Gasteiger partial charge in [-0.05, 0) is 65.8 Å². The lowest BCUT2D eigenvalue weighted by Crippen LogP contribution is -2.16. The van der Waals surface area contributed by atoms with Gasteiger partial charge in [-0.15, -0.1) is 0 Å². The maximum atomic E-state index is 14.1. The summed E-state index contributed by atoms with van der Waals surface area (Å²) in [5.74, 6) is -2.36. The Morgan fingerprint density at radius 1 is 0.917 bits per heavy atom. The van der Waals surface area contributed by atoms with Gasteiger partial charge in [0.2, 0.25) is 10.0 Å². The molecule has 7 heteroatoms. The van der Waals surface area contributed by atoms with Crippen molar-refractivity contribution in [3.63, 3.8) is 0 Å². The second-order valence-corrected chi connectivity index (χ2v) is 7.57. The predicted molar refractivity (Wildman–Crippen MR) is 89.8 cm³/mol. The molecule has 0 amide bonds. The molecule has 0 saturated carbocycles. The average Bonchev–Trinajstić information content (AvgIpc) is 2.95. The highest BCUT2D eigenvalue weighted by atomic mass is 35.5. The second kappa shape index (κ2) is 6.27. The van der Waals surface area contributed by atoms with Gasteiger partial charge in [-0.3, -0.25) is 0 Å². The van der Waals surface area contributed by atoms with Gasteiger partial charge >= 0.3 is 0 Å². The lowest BCUT2D eigenvalue weighted by molar-refractivity contribution is 0.519. The van der Waals surface area contributed by atoms with E-state index in [2.05, 4.69) is 0 Å². The predicted octanol–water partition coefficient (Wildman–Crippen LogP) is 4.36. The van der Waals surface area contributed by atoms with Crippen molar-refractivity contribution in [2.45, 2.75) is 24.2 Å². The van der Waals surface area contributed by atoms with E-state index in [-0.39, 0.29) is 0 Å². The summed E-state index contributed by atoms with van der Waals surface area (Å²) >= 11 is 5.89. The molecule has 0 unspecified atom stereocenters. The van der Waals surface area contributed by atoms with E-state index >= 15 is 0 Å². The van der Waals surface area contributed by atoms with Crippen molar-refractivity contribution in [2.24, 2.45) is 5.14 Å². The quantitative estimate of drug-likeness (QED) is 0.873. The largest absolute Gasteiger partial charge is 0.243 e. The van der Waals surface area contributed by atoms with Crippen molar-refractivity contribution in [3.8, 4) is 0 Å². The number of hydrogen-bond donors (Lipinski definition) is 1. The van der Waals surface area contributed by atoms with Crippen LogP contribution in [-0.2, 0) is 10.0 Å². The molecule has 0 saturated heterocycles. The Morgan fingerprint density at radius 2 is 1.42 bits per heavy atom. The number of primary sulfonamides is 1. The van der Waals surface area contributed by atoms with Crippen LogP contribution in [-0.4, -0.2) is 8.42 Å². The van der Waals surface area contributed by atoms with E-state index in [4.69, 9.17) is 16.7 Å². The Labute approximate surface area is 143 Å². The number of sulfonamides is 1. The summed E-state index contributed by atoms with van der Waals surface area (Å²) in [5, 5.41) is 5.47. The van der Waals surface area contributed by atoms with Crippen molar-refractivity contribution in [2.75, 3.05) is 0 Å². The third-order valence-corrected chi connectivity index (χ3v) is 5.25. The van der Waals surface area contributed by atoms with Gasteiger partial charge in [0.1, 0.15) is 11.6 Å². The first-order valence-corrected chi connectivity index (χ1v) is 9.20. The maximum Gasteiger partial charge on any atom is 0.243 e. The van der Waals surface area contributed by atoms with Crippen LogP contribution in [0.3, 0.4) is 0 Å². The lowest BCUT2D eigenvalue weighted by Gasteiger charge is -2.11. The smallest absolute Gasteiger partial charge is 0.224 e. The van der Waals surface area contributed by atoms with E-state index in [0.29, 0.717) is 17.0 Å². The van der Waals surface area contributed by atoms with Gasteiger partial charge in [-0.2, -0.15) is 0 Å². The number of nitrogens with two attached hydrogens (primary N) is 1. The molecule has 2 aromatic carbocycles. The van der Waals surface area contributed by atoms with E-state index in [1.807, 2.05) is 12.1 Å². The molecule has 0 aromatic heterocycles. The summed E-state index contributed by atoms with van der Waals surface area (Å²) in [6.45, 7) is 0. The molecule has 24 heavy (non-hydrogen) atoms. The van der Waals surface area contributed by atoms with E-state index in [0.717, 1.165) is 41.7 Å². The third kappa shape index (κ3) is 3.22. The molecule has 1 aliphatic carbocycles. The second-order valence-electron chi connectivity index (χ2n) is 5.63. The van der Waals surface area contributed by atoms with Gasteiger partial charge < -0.3 is 0 Å². The minimum atomic E-state index is -4.46. The van der Waals surface area contributed by atoms with Crippen LogP contribution in [0.2, 0.25) is 5.02 Å². The molecule has 1 aliphatic rings. The normalized spacial score (nSPS) is 15.2. The van der Waals surface area contributed by atoms with E-state index in [1.54, 1.807) is 12.1 Å². The first kappa shape index (κ1) is 17.1. The summed E-state index contributed by atoms with van der Waals surface area (Å²) in [7, 11) is -4.46. The summed E-state index contributed by atoms with van der Waals surface area (Å²) in [6, 6.07) is 9.28. The molecule has 0 radical (unpaired) electrons. The average molecular weight is 370 g/mol. The van der Waals surface area contributed by atoms with Gasteiger partial charge in [-0.1, -0.05) is 23.7 Å². The Balaban J connectivity index is 2.14. The van der Waals surface area contributed by atoms with Crippen LogP contribution in [0.5, 0.6) is 0 Å². The van der Waals surface area contributed by atoms with Gasteiger partial charge in [0, 0.05) is 5.02 Å². The van der Waals surface area contributed by atoms with Crippen LogP contribution in [0.15, 0.2) is 41.3 Å². The van der Waals surface area contributed by atoms with Crippen LogP contribution in [0.25, 0.3) is 11.1 Å². The fourth-order valence-corrected chi connectivity index (χ4v) is 3.83. The van der Waals surface area contributed by atoms with E-state index < -0.39 is 26.6 Å². The topological polar surface area (TPSA) is 60.2 Å². The van der Waals surface area contributed by atoms with E-state index in [1.165, 1.54) is 0 Å². The summed E-state index contributed by atoms with van der Waals surface area (Å²) in [4.78, 5) is -1.10. The zero-order valence-electron chi connectivity index (χ0n) is 12.5. The van der Waals surface area contributed by atoms with Crippen molar-refractivity contribution in [1.82, 2.24) is 0 Å². The summed E-state index contributed by atoms with van der Waals surface area (Å²) in [6.07, 6.45) is 2.29. The minimum absolute atomic E-state index is 0.333. The minimum Gasteiger partial charge on any atom is -0.224 e. The van der Waals surface area contributed by atoms with Crippen molar-refractivity contribution in [1.29, 1.82) is 0 Å². The molecule has 0 aliphatic heterocycles. The highest BCUT2D eigenvalue weighted by molar-refractivity contribution is 7.89. The highest BCUT2D eigenvalue weighted by Crippen LogP contribution is 2.40. The molecule has 3 rings (SSSR count). The Hall–Kier alpha value is -1.76. The van der Waals surface area contributed by atoms with E-state index in [9.17, 15) is 17.2 Å². The zero-order valence-corrected chi connectivity index (χ0v) is 14.1. The molecule has 3 nitrogen and oxygen atoms in total. The Kier molecular flexibility index (Phi) is 4.46. The monoisotopic (exact) mass is 369 g/mol. The number of rotatable bonds is 3. The van der Waals surface area contributed by atoms with Crippen LogP contribution in [0, 0.1) is 11.6 Å². The summed E-state index contributed by atoms with van der Waals surface area (Å²) in [5.41, 5.74) is 3.05. The molecule has 2 aromatic rings. The Morgan fingerprint density at radius 3 is 1.92 bits per heavy atom. The van der Waals surface area contributed by atoms with Crippen molar-refractivity contribution < 1.29 is 17.2 Å². The highest BCUT2D eigenvalue weighted by Gasteiger charge is 2.24.